The summed E-state index contributed by atoms with van der Waals surface area (Å²) < 4.78 is 105. The number of likely N-dealkylation sites (tertiary alicyclic amines) is 1. The van der Waals surface area contributed by atoms with Gasteiger partial charge >= 0.3 is 0 Å². The number of hydrogen-bond donors (Lipinski definition) is 3. The predicted octanol–water partition coefficient (Wildman–Crippen LogP) is 6.17. The maximum atomic E-state index is 15.1. The van der Waals surface area contributed by atoms with Gasteiger partial charge < -0.3 is 9.73 Å². The first kappa shape index (κ1) is 37.7. The zero-order valence-electron chi connectivity index (χ0n) is 29.5. The van der Waals surface area contributed by atoms with Crippen molar-refractivity contribution in [3.63, 3.8) is 0 Å². The van der Waals surface area contributed by atoms with Gasteiger partial charge in [-0.3, -0.25) is 23.4 Å². The van der Waals surface area contributed by atoms with Crippen LogP contribution < -0.4 is 10.0 Å². The van der Waals surface area contributed by atoms with Crippen molar-refractivity contribution >= 4 is 70.2 Å². The van der Waals surface area contributed by atoms with E-state index in [0.29, 0.717) is 68.3 Å². The lowest BCUT2D eigenvalue weighted by atomic mass is 10.0. The Balaban J connectivity index is 0.000000875. The topological polar surface area (TPSA) is 176 Å². The van der Waals surface area contributed by atoms with E-state index in [2.05, 4.69) is 10.0 Å². The Hall–Kier alpha value is -5.56. The number of sulfonamides is 1. The van der Waals surface area contributed by atoms with Crippen molar-refractivity contribution in [2.75, 3.05) is 36.9 Å². The molecule has 8 rings (SSSR count). The molecule has 0 aliphatic carbocycles. The molecule has 0 saturated carbocycles. The van der Waals surface area contributed by atoms with Crippen LogP contribution in [0.15, 0.2) is 77.2 Å². The number of fused-ring (bicyclic) bond motifs is 6. The van der Waals surface area contributed by atoms with Gasteiger partial charge in [0.15, 0.2) is 0 Å². The molecule has 5 heterocycles. The van der Waals surface area contributed by atoms with Crippen LogP contribution in [-0.4, -0.2) is 84.9 Å². The van der Waals surface area contributed by atoms with Crippen molar-refractivity contribution in [2.24, 2.45) is 0 Å². The number of aromatic nitrogens is 3. The normalized spacial score (nSPS) is 13.9. The van der Waals surface area contributed by atoms with E-state index in [-0.39, 0.29) is 41.4 Å². The lowest BCUT2D eigenvalue weighted by Crippen LogP contribution is -2.47. The van der Waals surface area contributed by atoms with Crippen LogP contribution >= 0.6 is 0 Å². The standard InChI is InChI=1S/C36H29F3N6O4S.CH4O3S/c1-3-50(47,48)43-28-15-31-24(33(36(46)40-2)35(49-31)19-7-9-20(37)10-8-19)13-23(28)26-11-12-27-34(42-26)30-14-22-25(39)5-4-6-29(22)45(30)32(41-27)18-44-16-21(38)17-44;1-5(2,3)4/h4-15,21,43H,3,16-18H2,1-2H3,(H,40,46);1H3,(H,2,3,4). The summed E-state index contributed by atoms with van der Waals surface area (Å²) in [6.45, 7) is 2.40. The number of halogens is 3. The summed E-state index contributed by atoms with van der Waals surface area (Å²) in [6, 6.07) is 18.5. The van der Waals surface area contributed by atoms with Crippen molar-refractivity contribution < 1.29 is 43.8 Å². The third-order valence-corrected chi connectivity index (χ3v) is 10.3. The molecule has 1 amide bonds. The molecule has 0 unspecified atom stereocenters. The van der Waals surface area contributed by atoms with Crippen molar-refractivity contribution in [2.45, 2.75) is 19.6 Å². The fourth-order valence-electron chi connectivity index (χ4n) is 6.49. The monoisotopic (exact) mass is 794 g/mol. The lowest BCUT2D eigenvalue weighted by molar-refractivity contribution is 0.0567. The van der Waals surface area contributed by atoms with E-state index in [1.54, 1.807) is 36.4 Å². The minimum atomic E-state index is -3.80. The largest absolute Gasteiger partial charge is 0.455 e. The Morgan fingerprint density at radius 1 is 0.964 bits per heavy atom. The van der Waals surface area contributed by atoms with Gasteiger partial charge in [0.05, 0.1) is 52.0 Å². The number of anilines is 1. The molecule has 0 bridgehead atoms. The summed E-state index contributed by atoms with van der Waals surface area (Å²) in [4.78, 5) is 25.1. The smallest absolute Gasteiger partial charge is 0.261 e. The number of carbonyl (C=O) groups excluding carboxylic acids is 1. The number of benzene rings is 3. The van der Waals surface area contributed by atoms with Gasteiger partial charge in [0.1, 0.15) is 40.5 Å². The fraction of sp³-hybridized carbons (Fsp3) is 0.216. The first-order chi connectivity index (χ1) is 26.0. The maximum Gasteiger partial charge on any atom is 0.261 e. The Morgan fingerprint density at radius 3 is 2.33 bits per heavy atom. The second kappa shape index (κ2) is 14.3. The van der Waals surface area contributed by atoms with Gasteiger partial charge in [-0.1, -0.05) is 6.07 Å². The van der Waals surface area contributed by atoms with Crippen LogP contribution in [0.25, 0.3) is 61.0 Å². The molecular formula is C37H33F3N6O7S2. The van der Waals surface area contributed by atoms with Crippen LogP contribution in [0.2, 0.25) is 0 Å². The molecule has 0 atom stereocenters. The second-order valence-corrected chi connectivity index (χ2v) is 16.4. The number of rotatable bonds is 8. The number of furan rings is 1. The molecule has 0 radical (unpaired) electrons. The van der Waals surface area contributed by atoms with E-state index < -0.39 is 43.9 Å². The van der Waals surface area contributed by atoms with Crippen molar-refractivity contribution in [1.82, 2.24) is 24.6 Å². The first-order valence-electron chi connectivity index (χ1n) is 16.8. The number of nitrogens with zero attached hydrogens (tertiary/aromatic N) is 4. The van der Waals surface area contributed by atoms with Gasteiger partial charge in [-0.05, 0) is 67.6 Å². The summed E-state index contributed by atoms with van der Waals surface area (Å²) in [7, 11) is -5.99. The highest BCUT2D eigenvalue weighted by Crippen LogP contribution is 2.40. The molecule has 1 saturated heterocycles. The van der Waals surface area contributed by atoms with Crippen LogP contribution in [-0.2, 0) is 26.7 Å². The average Bonchev–Trinajstić information content (AvgIpc) is 3.70. The van der Waals surface area contributed by atoms with E-state index >= 15 is 4.39 Å². The zero-order valence-corrected chi connectivity index (χ0v) is 31.1. The van der Waals surface area contributed by atoms with Crippen LogP contribution in [0.5, 0.6) is 0 Å². The lowest BCUT2D eigenvalue weighted by Gasteiger charge is -2.34. The number of carbonyl (C=O) groups is 1. The van der Waals surface area contributed by atoms with Gasteiger partial charge in [0, 0.05) is 48.1 Å². The van der Waals surface area contributed by atoms with Gasteiger partial charge in [-0.15, -0.1) is 0 Å². The van der Waals surface area contributed by atoms with Crippen molar-refractivity contribution in [3.8, 4) is 22.6 Å². The van der Waals surface area contributed by atoms with E-state index in [9.17, 15) is 30.4 Å². The molecule has 3 aromatic carbocycles. The van der Waals surface area contributed by atoms with Gasteiger partial charge in [-0.25, -0.2) is 31.6 Å². The van der Waals surface area contributed by atoms with Crippen LogP contribution in [0.3, 0.4) is 0 Å². The summed E-state index contributed by atoms with van der Waals surface area (Å²) in [5.74, 6) is -0.800. The van der Waals surface area contributed by atoms with Crippen molar-refractivity contribution in [3.05, 3.63) is 95.8 Å². The quantitative estimate of drug-likeness (QED) is 0.151. The van der Waals surface area contributed by atoms with Crippen LogP contribution in [0.4, 0.5) is 18.9 Å². The van der Waals surface area contributed by atoms with Crippen LogP contribution in [0, 0.1) is 11.6 Å². The van der Waals surface area contributed by atoms with Crippen LogP contribution in [0.1, 0.15) is 23.1 Å². The van der Waals surface area contributed by atoms with Gasteiger partial charge in [-0.2, -0.15) is 8.42 Å². The molecular weight excluding hydrogens is 762 g/mol. The third-order valence-electron chi connectivity index (χ3n) is 9.00. The van der Waals surface area contributed by atoms with E-state index in [1.165, 1.54) is 50.4 Å². The number of alkyl halides is 1. The van der Waals surface area contributed by atoms with Gasteiger partial charge in [0.2, 0.25) is 10.0 Å². The highest BCUT2D eigenvalue weighted by Gasteiger charge is 2.29. The molecule has 1 aliphatic heterocycles. The Labute approximate surface area is 312 Å². The summed E-state index contributed by atoms with van der Waals surface area (Å²) in [5.41, 5.74) is 3.72. The van der Waals surface area contributed by atoms with E-state index in [4.69, 9.17) is 18.9 Å². The van der Waals surface area contributed by atoms with E-state index in [1.807, 2.05) is 9.30 Å². The first-order valence-corrected chi connectivity index (χ1v) is 20.3. The predicted molar refractivity (Wildman–Crippen MR) is 203 cm³/mol. The Kier molecular flexibility index (Phi) is 9.78. The molecule has 0 spiro atoms. The molecule has 3 N–H and O–H groups in total. The Bertz CT molecular complexity index is 2870. The number of nitrogens with one attached hydrogen (secondary N) is 2. The highest BCUT2D eigenvalue weighted by molar-refractivity contribution is 7.92. The zero-order chi connectivity index (χ0) is 39.4. The number of pyridine rings is 1. The summed E-state index contributed by atoms with van der Waals surface area (Å²) in [6.07, 6.45) is -0.191. The number of amides is 1. The maximum absolute atomic E-state index is 15.1. The molecule has 1 aliphatic rings. The molecule has 7 aromatic rings. The fourth-order valence-corrected chi connectivity index (χ4v) is 7.14. The molecule has 13 nitrogen and oxygen atoms in total. The molecule has 1 fully saturated rings. The third kappa shape index (κ3) is 7.57. The SMILES string of the molecule is CCS(=O)(=O)Nc1cc2oc(-c3ccc(F)cc3)c(C(=O)NC)c2cc1-c1ccc2nc(CN3CC(F)C3)n3c4cccc(F)c4cc3c2n1.CS(=O)(=O)O. The Morgan fingerprint density at radius 2 is 1.67 bits per heavy atom. The second-order valence-electron chi connectivity index (χ2n) is 12.9. The molecule has 286 valence electrons. The van der Waals surface area contributed by atoms with Crippen molar-refractivity contribution in [1.29, 1.82) is 0 Å². The molecule has 4 aromatic heterocycles. The van der Waals surface area contributed by atoms with E-state index in [0.717, 1.165) is 0 Å². The minimum Gasteiger partial charge on any atom is -0.455 e. The van der Waals surface area contributed by atoms with Gasteiger partial charge in [0.25, 0.3) is 16.0 Å². The molecule has 18 heteroatoms. The molecule has 55 heavy (non-hydrogen) atoms. The number of hydrogen-bond acceptors (Lipinski definition) is 9. The minimum absolute atomic E-state index is 0.153. The summed E-state index contributed by atoms with van der Waals surface area (Å²) in [5, 5.41) is 3.36. The highest BCUT2D eigenvalue weighted by atomic mass is 32.2. The summed E-state index contributed by atoms with van der Waals surface area (Å²) >= 11 is 0. The average molecular weight is 795 g/mol.